The van der Waals surface area contributed by atoms with Crippen molar-refractivity contribution in [2.24, 2.45) is 0 Å². The van der Waals surface area contributed by atoms with Crippen LogP contribution in [-0.2, 0) is 0 Å². The van der Waals surface area contributed by atoms with Crippen LogP contribution < -0.4 is 5.32 Å². The number of urea groups is 1. The molecule has 1 aromatic carbocycles. The molecule has 0 spiro atoms. The summed E-state index contributed by atoms with van der Waals surface area (Å²) >= 11 is 0. The van der Waals surface area contributed by atoms with E-state index >= 15 is 0 Å². The average Bonchev–Trinajstić information content (AvgIpc) is 2.36. The summed E-state index contributed by atoms with van der Waals surface area (Å²) in [6.07, 6.45) is 2.58. The number of aliphatic hydroxyl groups is 2. The van der Waals surface area contributed by atoms with Crippen molar-refractivity contribution in [1.29, 1.82) is 0 Å². The first-order valence-corrected chi connectivity index (χ1v) is 7.08. The molecule has 5 heteroatoms. The molecule has 0 heterocycles. The van der Waals surface area contributed by atoms with E-state index in [1.165, 1.54) is 0 Å². The van der Waals surface area contributed by atoms with E-state index in [1.807, 2.05) is 6.07 Å². The van der Waals surface area contributed by atoms with Gasteiger partial charge >= 0.3 is 6.03 Å². The summed E-state index contributed by atoms with van der Waals surface area (Å²) in [6.45, 7) is 2.01. The van der Waals surface area contributed by atoms with Crippen LogP contribution in [0.25, 0.3) is 0 Å². The number of anilines is 1. The second-order valence-electron chi connectivity index (χ2n) is 5.23. The lowest BCUT2D eigenvalue weighted by Gasteiger charge is -2.37. The Kier molecular flexibility index (Phi) is 4.98. The predicted octanol–water partition coefficient (Wildman–Crippen LogP) is 2.12. The molecule has 5 nitrogen and oxygen atoms in total. The van der Waals surface area contributed by atoms with Crippen LogP contribution in [0.2, 0.25) is 0 Å². The minimum atomic E-state index is -0.563. The van der Waals surface area contributed by atoms with Gasteiger partial charge in [-0.1, -0.05) is 12.1 Å². The zero-order valence-electron chi connectivity index (χ0n) is 11.7. The Bertz CT molecular complexity index is 458. The molecule has 1 unspecified atom stereocenters. The van der Waals surface area contributed by atoms with Gasteiger partial charge in [-0.25, -0.2) is 4.79 Å². The quantitative estimate of drug-likeness (QED) is 0.772. The van der Waals surface area contributed by atoms with Crippen LogP contribution in [0.4, 0.5) is 10.5 Å². The van der Waals surface area contributed by atoms with Crippen LogP contribution in [0, 0.1) is 0 Å². The van der Waals surface area contributed by atoms with Gasteiger partial charge in [0.1, 0.15) is 0 Å². The van der Waals surface area contributed by atoms with Gasteiger partial charge in [-0.3, -0.25) is 0 Å². The third-order valence-corrected chi connectivity index (χ3v) is 3.74. The summed E-state index contributed by atoms with van der Waals surface area (Å²) in [7, 11) is 0. The Morgan fingerprint density at radius 1 is 1.50 bits per heavy atom. The van der Waals surface area contributed by atoms with Crippen LogP contribution in [0.15, 0.2) is 24.3 Å². The van der Waals surface area contributed by atoms with Crippen LogP contribution in [0.3, 0.4) is 0 Å². The molecule has 1 aromatic rings. The van der Waals surface area contributed by atoms with Crippen molar-refractivity contribution in [3.63, 3.8) is 0 Å². The van der Waals surface area contributed by atoms with Crippen LogP contribution in [0.1, 0.15) is 37.9 Å². The van der Waals surface area contributed by atoms with Crippen molar-refractivity contribution in [3.05, 3.63) is 29.8 Å². The van der Waals surface area contributed by atoms with Gasteiger partial charge in [-0.2, -0.15) is 0 Å². The lowest BCUT2D eigenvalue weighted by Crippen LogP contribution is -2.47. The Morgan fingerprint density at radius 3 is 2.80 bits per heavy atom. The van der Waals surface area contributed by atoms with Gasteiger partial charge in [0.25, 0.3) is 0 Å². The summed E-state index contributed by atoms with van der Waals surface area (Å²) in [5, 5.41) is 21.5. The number of benzene rings is 1. The molecule has 1 aliphatic rings. The lowest BCUT2D eigenvalue weighted by atomic mass is 9.92. The largest absolute Gasteiger partial charge is 0.395 e. The van der Waals surface area contributed by atoms with Crippen molar-refractivity contribution in [2.45, 2.75) is 38.3 Å². The molecule has 1 aliphatic carbocycles. The van der Waals surface area contributed by atoms with Crippen LogP contribution in [-0.4, -0.2) is 40.3 Å². The highest BCUT2D eigenvalue weighted by Crippen LogP contribution is 2.25. The molecule has 0 aromatic heterocycles. The number of hydrogen-bond donors (Lipinski definition) is 3. The van der Waals surface area contributed by atoms with E-state index in [9.17, 15) is 9.90 Å². The van der Waals surface area contributed by atoms with Gasteiger partial charge in [0.05, 0.1) is 12.7 Å². The summed E-state index contributed by atoms with van der Waals surface area (Å²) in [4.78, 5) is 14.0. The number of nitrogens with zero attached hydrogens (tertiary/aromatic N) is 1. The predicted molar refractivity (Wildman–Crippen MR) is 77.5 cm³/mol. The van der Waals surface area contributed by atoms with Crippen molar-refractivity contribution < 1.29 is 15.0 Å². The van der Waals surface area contributed by atoms with E-state index in [0.29, 0.717) is 12.2 Å². The van der Waals surface area contributed by atoms with E-state index in [4.69, 9.17) is 5.11 Å². The highest BCUT2D eigenvalue weighted by molar-refractivity contribution is 5.89. The minimum Gasteiger partial charge on any atom is -0.395 e. The van der Waals surface area contributed by atoms with E-state index in [2.05, 4.69) is 5.32 Å². The first kappa shape index (κ1) is 14.8. The topological polar surface area (TPSA) is 72.8 Å². The van der Waals surface area contributed by atoms with Gasteiger partial charge in [0, 0.05) is 18.3 Å². The fourth-order valence-electron chi connectivity index (χ4n) is 2.33. The van der Waals surface area contributed by atoms with Crippen molar-refractivity contribution in [1.82, 2.24) is 4.90 Å². The number of carbonyl (C=O) groups excluding carboxylic acids is 1. The highest BCUT2D eigenvalue weighted by atomic mass is 16.3. The van der Waals surface area contributed by atoms with Crippen molar-refractivity contribution in [3.8, 4) is 0 Å². The maximum atomic E-state index is 12.3. The van der Waals surface area contributed by atoms with E-state index in [1.54, 1.807) is 30.0 Å². The SMILES string of the molecule is CC(O)c1cccc(NC(=O)N(CCO)C2CCC2)c1. The number of carbonyl (C=O) groups is 1. The van der Waals surface area contributed by atoms with Crippen LogP contribution >= 0.6 is 0 Å². The van der Waals surface area contributed by atoms with Gasteiger partial charge < -0.3 is 20.4 Å². The molecule has 110 valence electrons. The fourth-order valence-corrected chi connectivity index (χ4v) is 2.33. The zero-order chi connectivity index (χ0) is 14.5. The number of nitrogens with one attached hydrogen (secondary N) is 1. The number of aliphatic hydroxyl groups excluding tert-OH is 2. The first-order valence-electron chi connectivity index (χ1n) is 7.08. The Labute approximate surface area is 119 Å². The average molecular weight is 278 g/mol. The summed E-state index contributed by atoms with van der Waals surface area (Å²) in [5.74, 6) is 0. The third-order valence-electron chi connectivity index (χ3n) is 3.74. The minimum absolute atomic E-state index is 0.0301. The molecule has 2 rings (SSSR count). The van der Waals surface area contributed by atoms with E-state index < -0.39 is 6.10 Å². The molecule has 2 amide bonds. The summed E-state index contributed by atoms with van der Waals surface area (Å²) in [5.41, 5.74) is 1.43. The highest BCUT2D eigenvalue weighted by Gasteiger charge is 2.28. The number of rotatable bonds is 5. The molecule has 20 heavy (non-hydrogen) atoms. The van der Waals surface area contributed by atoms with E-state index in [0.717, 1.165) is 24.8 Å². The van der Waals surface area contributed by atoms with Gasteiger partial charge in [-0.15, -0.1) is 0 Å². The molecule has 1 saturated carbocycles. The lowest BCUT2D eigenvalue weighted by molar-refractivity contribution is 0.127. The Morgan fingerprint density at radius 2 is 2.25 bits per heavy atom. The molecule has 3 N–H and O–H groups in total. The molecule has 1 atom stereocenters. The Balaban J connectivity index is 2.03. The molecule has 0 saturated heterocycles. The standard InChI is InChI=1S/C15H22N2O3/c1-11(19)12-4-2-5-13(10-12)16-15(20)17(8-9-18)14-6-3-7-14/h2,4-5,10-11,14,18-19H,3,6-9H2,1H3,(H,16,20). The van der Waals surface area contributed by atoms with Crippen molar-refractivity contribution in [2.75, 3.05) is 18.5 Å². The zero-order valence-corrected chi connectivity index (χ0v) is 11.7. The fraction of sp³-hybridized carbons (Fsp3) is 0.533. The number of hydrogen-bond acceptors (Lipinski definition) is 3. The second-order valence-corrected chi connectivity index (χ2v) is 5.23. The van der Waals surface area contributed by atoms with Gasteiger partial charge in [0.15, 0.2) is 0 Å². The van der Waals surface area contributed by atoms with Crippen molar-refractivity contribution >= 4 is 11.7 Å². The third kappa shape index (κ3) is 3.49. The van der Waals surface area contributed by atoms with E-state index in [-0.39, 0.29) is 18.7 Å². The second kappa shape index (κ2) is 6.72. The molecule has 0 bridgehead atoms. The first-order chi connectivity index (χ1) is 9.61. The smallest absolute Gasteiger partial charge is 0.322 e. The van der Waals surface area contributed by atoms with Gasteiger partial charge in [-0.05, 0) is 43.9 Å². The van der Waals surface area contributed by atoms with Gasteiger partial charge in [0.2, 0.25) is 0 Å². The molecule has 1 fully saturated rings. The molecule has 0 aliphatic heterocycles. The molecular formula is C15H22N2O3. The monoisotopic (exact) mass is 278 g/mol. The van der Waals surface area contributed by atoms with Crippen LogP contribution in [0.5, 0.6) is 0 Å². The maximum Gasteiger partial charge on any atom is 0.322 e. The summed E-state index contributed by atoms with van der Waals surface area (Å²) < 4.78 is 0. The number of amides is 2. The Hall–Kier alpha value is -1.59. The normalized spacial score (nSPS) is 16.4. The molecule has 0 radical (unpaired) electrons. The summed E-state index contributed by atoms with van der Waals surface area (Å²) in [6, 6.07) is 7.23. The maximum absolute atomic E-state index is 12.3. The molecular weight excluding hydrogens is 256 g/mol.